The molecule has 1 unspecified atom stereocenters. The molecular weight excluding hydrogens is 340 g/mol. The number of aryl methyl sites for hydroxylation is 1. The summed E-state index contributed by atoms with van der Waals surface area (Å²) in [6.07, 6.45) is -0.788. The quantitative estimate of drug-likeness (QED) is 0.729. The smallest absolute Gasteiger partial charge is 0.273 e. The summed E-state index contributed by atoms with van der Waals surface area (Å²) in [7, 11) is 0. The van der Waals surface area contributed by atoms with Gasteiger partial charge in [-0.15, -0.1) is 0 Å². The predicted molar refractivity (Wildman–Crippen MR) is 95.4 cm³/mol. The van der Waals surface area contributed by atoms with Crippen LogP contribution in [0.25, 0.3) is 11.3 Å². The third-order valence-electron chi connectivity index (χ3n) is 3.77. The van der Waals surface area contributed by atoms with E-state index in [-0.39, 0.29) is 12.2 Å². The monoisotopic (exact) mass is 356 g/mol. The van der Waals surface area contributed by atoms with Crippen molar-refractivity contribution in [2.75, 3.05) is 6.54 Å². The zero-order valence-corrected chi connectivity index (χ0v) is 14.3. The van der Waals surface area contributed by atoms with Gasteiger partial charge in [0.1, 0.15) is 0 Å². The Morgan fingerprint density at radius 2 is 2.00 bits per heavy atom. The lowest BCUT2D eigenvalue weighted by Gasteiger charge is -2.11. The fraction of sp³-hybridized carbons (Fsp3) is 0.158. The van der Waals surface area contributed by atoms with Gasteiger partial charge in [-0.25, -0.2) is 0 Å². The molecule has 3 rings (SSSR count). The van der Waals surface area contributed by atoms with E-state index in [9.17, 15) is 9.90 Å². The van der Waals surface area contributed by atoms with Gasteiger partial charge in [-0.2, -0.15) is 0 Å². The van der Waals surface area contributed by atoms with Crippen LogP contribution in [-0.2, 0) is 0 Å². The summed E-state index contributed by atoms with van der Waals surface area (Å²) in [6.45, 7) is 2.06. The molecular formula is C19H17ClN2O3. The van der Waals surface area contributed by atoms with E-state index in [0.29, 0.717) is 10.8 Å². The summed E-state index contributed by atoms with van der Waals surface area (Å²) in [5, 5.41) is 17.1. The van der Waals surface area contributed by atoms with E-state index in [2.05, 4.69) is 10.5 Å². The first-order chi connectivity index (χ1) is 12.0. The highest BCUT2D eigenvalue weighted by Crippen LogP contribution is 2.23. The summed E-state index contributed by atoms with van der Waals surface area (Å²) in [4.78, 5) is 12.2. The molecule has 5 nitrogen and oxygen atoms in total. The second kappa shape index (κ2) is 7.51. The van der Waals surface area contributed by atoms with Gasteiger partial charge in [0.05, 0.1) is 6.10 Å². The van der Waals surface area contributed by atoms with Crippen LogP contribution in [0.15, 0.2) is 59.1 Å². The molecule has 1 amide bonds. The van der Waals surface area contributed by atoms with E-state index >= 15 is 0 Å². The molecule has 3 aromatic rings. The Kier molecular flexibility index (Phi) is 5.16. The topological polar surface area (TPSA) is 75.4 Å². The van der Waals surface area contributed by atoms with Gasteiger partial charge in [-0.3, -0.25) is 4.79 Å². The third-order valence-corrected chi connectivity index (χ3v) is 4.01. The Hall–Kier alpha value is -2.63. The molecule has 0 aliphatic heterocycles. The number of hydrogen-bond acceptors (Lipinski definition) is 4. The molecule has 0 saturated carbocycles. The molecule has 0 radical (unpaired) electrons. The van der Waals surface area contributed by atoms with E-state index in [0.717, 1.165) is 16.7 Å². The molecule has 2 aromatic carbocycles. The molecule has 2 N–H and O–H groups in total. The number of amides is 1. The molecule has 1 heterocycles. The van der Waals surface area contributed by atoms with Crippen molar-refractivity contribution in [1.29, 1.82) is 0 Å². The van der Waals surface area contributed by atoms with Crippen LogP contribution in [0, 0.1) is 6.92 Å². The van der Waals surface area contributed by atoms with Crippen LogP contribution < -0.4 is 5.32 Å². The summed E-state index contributed by atoms with van der Waals surface area (Å²) in [5.74, 6) is 0.0370. The molecule has 0 fully saturated rings. The van der Waals surface area contributed by atoms with Gasteiger partial charge >= 0.3 is 0 Å². The van der Waals surface area contributed by atoms with Gasteiger partial charge in [-0.05, 0) is 24.6 Å². The van der Waals surface area contributed by atoms with Crippen molar-refractivity contribution in [3.63, 3.8) is 0 Å². The van der Waals surface area contributed by atoms with E-state index < -0.39 is 12.0 Å². The number of aromatic nitrogens is 1. The van der Waals surface area contributed by atoms with E-state index in [1.165, 1.54) is 0 Å². The molecule has 6 heteroatoms. The van der Waals surface area contributed by atoms with Crippen LogP contribution in [0.5, 0.6) is 0 Å². The van der Waals surface area contributed by atoms with Gasteiger partial charge in [0.25, 0.3) is 5.91 Å². The van der Waals surface area contributed by atoms with E-state index in [1.54, 1.807) is 24.3 Å². The maximum Gasteiger partial charge on any atom is 0.273 e. The highest BCUT2D eigenvalue weighted by molar-refractivity contribution is 6.30. The van der Waals surface area contributed by atoms with Crippen molar-refractivity contribution < 1.29 is 14.4 Å². The molecule has 25 heavy (non-hydrogen) atoms. The maximum atomic E-state index is 12.2. The van der Waals surface area contributed by atoms with Crippen molar-refractivity contribution in [2.24, 2.45) is 0 Å². The number of halogens is 1. The number of nitrogens with zero attached hydrogens (tertiary/aromatic N) is 1. The Bertz CT molecular complexity index is 874. The number of rotatable bonds is 5. The maximum absolute atomic E-state index is 12.2. The summed E-state index contributed by atoms with van der Waals surface area (Å²) < 4.78 is 5.20. The average molecular weight is 357 g/mol. The number of carbonyl (C=O) groups excluding carboxylic acids is 1. The summed E-state index contributed by atoms with van der Waals surface area (Å²) in [5.41, 5.74) is 2.73. The van der Waals surface area contributed by atoms with Gasteiger partial charge < -0.3 is 14.9 Å². The molecule has 1 aromatic heterocycles. The van der Waals surface area contributed by atoms with Gasteiger partial charge in [0, 0.05) is 23.2 Å². The van der Waals surface area contributed by atoms with Crippen LogP contribution in [-0.4, -0.2) is 22.7 Å². The number of aliphatic hydroxyl groups excluding tert-OH is 1. The standard InChI is InChI=1S/C19H17ClN2O3/c1-12-5-7-13(8-6-12)17(23)11-21-19(24)16-10-18(25-22-16)14-3-2-4-15(20)9-14/h2-10,17,23H,11H2,1H3,(H,21,24). The minimum absolute atomic E-state index is 0.0846. The molecule has 0 aliphatic carbocycles. The fourth-order valence-electron chi connectivity index (χ4n) is 2.35. The number of benzene rings is 2. The van der Waals surface area contributed by atoms with Crippen molar-refractivity contribution in [1.82, 2.24) is 10.5 Å². The first-order valence-electron chi connectivity index (χ1n) is 7.78. The highest BCUT2D eigenvalue weighted by atomic mass is 35.5. The predicted octanol–water partition coefficient (Wildman–Crippen LogP) is 3.77. The summed E-state index contributed by atoms with van der Waals surface area (Å²) >= 11 is 5.95. The van der Waals surface area contributed by atoms with Crippen LogP contribution >= 0.6 is 11.6 Å². The van der Waals surface area contributed by atoms with Crippen LogP contribution in [0.1, 0.15) is 27.7 Å². The third kappa shape index (κ3) is 4.26. The minimum atomic E-state index is -0.788. The zero-order valence-electron chi connectivity index (χ0n) is 13.6. The fourth-order valence-corrected chi connectivity index (χ4v) is 2.54. The van der Waals surface area contributed by atoms with Gasteiger partial charge in [-0.1, -0.05) is 58.7 Å². The molecule has 0 spiro atoms. The van der Waals surface area contributed by atoms with Crippen molar-refractivity contribution in [2.45, 2.75) is 13.0 Å². The summed E-state index contributed by atoms with van der Waals surface area (Å²) in [6, 6.07) is 16.1. The first kappa shape index (κ1) is 17.2. The molecule has 0 saturated heterocycles. The highest BCUT2D eigenvalue weighted by Gasteiger charge is 2.15. The number of nitrogens with one attached hydrogen (secondary N) is 1. The number of carbonyl (C=O) groups is 1. The molecule has 0 bridgehead atoms. The molecule has 1 atom stereocenters. The second-order valence-corrected chi connectivity index (χ2v) is 6.16. The van der Waals surface area contributed by atoms with Gasteiger partial charge in [0.2, 0.25) is 0 Å². The lowest BCUT2D eigenvalue weighted by molar-refractivity contribution is 0.0907. The Balaban J connectivity index is 1.63. The normalized spacial score (nSPS) is 12.0. The average Bonchev–Trinajstić information content (AvgIpc) is 3.10. The second-order valence-electron chi connectivity index (χ2n) is 5.72. The van der Waals surface area contributed by atoms with Crippen LogP contribution in [0.4, 0.5) is 0 Å². The minimum Gasteiger partial charge on any atom is -0.387 e. The molecule has 0 aliphatic rings. The Morgan fingerprint density at radius 1 is 1.24 bits per heavy atom. The van der Waals surface area contributed by atoms with E-state index in [4.69, 9.17) is 16.1 Å². The zero-order chi connectivity index (χ0) is 17.8. The van der Waals surface area contributed by atoms with Crippen molar-refractivity contribution in [3.05, 3.63) is 76.4 Å². The SMILES string of the molecule is Cc1ccc(C(O)CNC(=O)c2cc(-c3cccc(Cl)c3)on2)cc1. The van der Waals surface area contributed by atoms with Crippen LogP contribution in [0.2, 0.25) is 5.02 Å². The van der Waals surface area contributed by atoms with Gasteiger partial charge in [0.15, 0.2) is 11.5 Å². The van der Waals surface area contributed by atoms with Crippen LogP contribution in [0.3, 0.4) is 0 Å². The van der Waals surface area contributed by atoms with E-state index in [1.807, 2.05) is 37.3 Å². The Labute approximate surface area is 150 Å². The Morgan fingerprint density at radius 3 is 2.72 bits per heavy atom. The van der Waals surface area contributed by atoms with Crippen molar-refractivity contribution >= 4 is 17.5 Å². The lowest BCUT2D eigenvalue weighted by atomic mass is 10.1. The van der Waals surface area contributed by atoms with Crippen molar-refractivity contribution in [3.8, 4) is 11.3 Å². The lowest BCUT2D eigenvalue weighted by Crippen LogP contribution is -2.28. The first-order valence-corrected chi connectivity index (χ1v) is 8.16. The number of aliphatic hydroxyl groups is 1. The largest absolute Gasteiger partial charge is 0.387 e. The number of hydrogen-bond donors (Lipinski definition) is 2. The molecule has 128 valence electrons.